The first-order valence-corrected chi connectivity index (χ1v) is 6.04. The molecule has 76 valence electrons. The lowest BCUT2D eigenvalue weighted by atomic mass is 10.2. The summed E-state index contributed by atoms with van der Waals surface area (Å²) >= 11 is 5.48. The molecule has 0 fully saturated rings. The van der Waals surface area contributed by atoms with Gasteiger partial charge in [-0.1, -0.05) is 6.07 Å². The fraction of sp³-hybridized carbons (Fsp3) is 0.300. The van der Waals surface area contributed by atoms with Crippen LogP contribution in [0.2, 0.25) is 0 Å². The van der Waals surface area contributed by atoms with Crippen LogP contribution in [0.15, 0.2) is 22.7 Å². The Morgan fingerprint density at radius 3 is 2.71 bits per heavy atom. The van der Waals surface area contributed by atoms with Crippen molar-refractivity contribution in [3.05, 3.63) is 31.8 Å². The van der Waals surface area contributed by atoms with E-state index in [1.54, 1.807) is 6.07 Å². The van der Waals surface area contributed by atoms with Crippen LogP contribution in [0.25, 0.3) is 0 Å². The molecule has 0 radical (unpaired) electrons. The third-order valence-electron chi connectivity index (χ3n) is 1.51. The summed E-state index contributed by atoms with van der Waals surface area (Å²) in [6.07, 6.45) is -0.0859. The van der Waals surface area contributed by atoms with E-state index in [-0.39, 0.29) is 12.1 Å². The van der Waals surface area contributed by atoms with Gasteiger partial charge in [-0.2, -0.15) is 0 Å². The highest BCUT2D eigenvalue weighted by molar-refractivity contribution is 14.1. The highest BCUT2D eigenvalue weighted by atomic mass is 127. The van der Waals surface area contributed by atoms with Gasteiger partial charge in [-0.25, -0.2) is 4.79 Å². The van der Waals surface area contributed by atoms with Gasteiger partial charge in [-0.05, 0) is 64.5 Å². The quantitative estimate of drug-likeness (QED) is 0.588. The molecule has 0 aliphatic heterocycles. The molecule has 0 amide bonds. The minimum absolute atomic E-state index is 0.0859. The summed E-state index contributed by atoms with van der Waals surface area (Å²) in [5.41, 5.74) is 0.605. The summed E-state index contributed by atoms with van der Waals surface area (Å²) < 4.78 is 6.91. The summed E-state index contributed by atoms with van der Waals surface area (Å²) in [5.74, 6) is -0.272. The predicted octanol–water partition coefficient (Wildman–Crippen LogP) is 3.62. The van der Waals surface area contributed by atoms with Crippen molar-refractivity contribution in [2.75, 3.05) is 0 Å². The molecule has 14 heavy (non-hydrogen) atoms. The Balaban J connectivity index is 2.96. The molecule has 0 aromatic heterocycles. The fourth-order valence-electron chi connectivity index (χ4n) is 0.939. The van der Waals surface area contributed by atoms with Crippen LogP contribution in [0.1, 0.15) is 24.2 Å². The molecular formula is C10H10BrIO2. The van der Waals surface area contributed by atoms with E-state index in [0.717, 1.165) is 8.04 Å². The Bertz CT molecular complexity index is 350. The Kier molecular flexibility index (Phi) is 4.37. The Morgan fingerprint density at radius 1 is 1.50 bits per heavy atom. The molecule has 0 aliphatic carbocycles. The van der Waals surface area contributed by atoms with E-state index < -0.39 is 0 Å². The SMILES string of the molecule is CC(C)OC(=O)c1cccc(Br)c1I. The number of esters is 1. The van der Waals surface area contributed by atoms with Crippen LogP contribution in [0, 0.1) is 3.57 Å². The van der Waals surface area contributed by atoms with Crippen LogP contribution in [-0.2, 0) is 4.74 Å². The maximum Gasteiger partial charge on any atom is 0.339 e. The predicted molar refractivity (Wildman–Crippen MR) is 67.4 cm³/mol. The minimum Gasteiger partial charge on any atom is -0.459 e. The molecule has 0 atom stereocenters. The van der Waals surface area contributed by atoms with Crippen molar-refractivity contribution < 1.29 is 9.53 Å². The number of hydrogen-bond donors (Lipinski definition) is 0. The van der Waals surface area contributed by atoms with Crippen molar-refractivity contribution in [1.29, 1.82) is 0 Å². The van der Waals surface area contributed by atoms with Crippen LogP contribution >= 0.6 is 38.5 Å². The number of carbonyl (C=O) groups is 1. The van der Waals surface area contributed by atoms with Gasteiger partial charge in [0, 0.05) is 8.04 Å². The van der Waals surface area contributed by atoms with Crippen molar-refractivity contribution in [2.24, 2.45) is 0 Å². The van der Waals surface area contributed by atoms with Crippen LogP contribution in [0.4, 0.5) is 0 Å². The van der Waals surface area contributed by atoms with Crippen molar-refractivity contribution in [3.63, 3.8) is 0 Å². The molecule has 0 spiro atoms. The van der Waals surface area contributed by atoms with E-state index in [0.29, 0.717) is 5.56 Å². The zero-order valence-electron chi connectivity index (χ0n) is 7.88. The van der Waals surface area contributed by atoms with Crippen molar-refractivity contribution in [2.45, 2.75) is 20.0 Å². The van der Waals surface area contributed by atoms with Gasteiger partial charge in [0.15, 0.2) is 0 Å². The third kappa shape index (κ3) is 2.95. The molecule has 0 N–H and O–H groups in total. The highest BCUT2D eigenvalue weighted by Crippen LogP contribution is 2.23. The number of carbonyl (C=O) groups excluding carboxylic acids is 1. The lowest BCUT2D eigenvalue weighted by Crippen LogP contribution is -2.12. The van der Waals surface area contributed by atoms with E-state index in [4.69, 9.17) is 4.74 Å². The van der Waals surface area contributed by atoms with E-state index in [9.17, 15) is 4.79 Å². The molecule has 1 aromatic carbocycles. The van der Waals surface area contributed by atoms with E-state index in [2.05, 4.69) is 38.5 Å². The molecule has 4 heteroatoms. The number of benzene rings is 1. The average Bonchev–Trinajstić information content (AvgIpc) is 2.08. The smallest absolute Gasteiger partial charge is 0.339 e. The first-order valence-electron chi connectivity index (χ1n) is 4.17. The second-order valence-electron chi connectivity index (χ2n) is 3.06. The zero-order chi connectivity index (χ0) is 10.7. The topological polar surface area (TPSA) is 26.3 Å². The van der Waals surface area contributed by atoms with E-state index >= 15 is 0 Å². The number of ether oxygens (including phenoxy) is 1. The highest BCUT2D eigenvalue weighted by Gasteiger charge is 2.13. The number of hydrogen-bond acceptors (Lipinski definition) is 2. The van der Waals surface area contributed by atoms with Gasteiger partial charge < -0.3 is 4.74 Å². The molecule has 0 heterocycles. The first-order chi connectivity index (χ1) is 6.52. The third-order valence-corrected chi connectivity index (χ3v) is 4.08. The standard InChI is InChI=1S/C10H10BrIO2/c1-6(2)14-10(13)7-4-3-5-8(11)9(7)12/h3-6H,1-2H3. The molecule has 0 saturated carbocycles. The molecule has 0 unspecified atom stereocenters. The summed E-state index contributed by atoms with van der Waals surface area (Å²) in [7, 11) is 0. The second-order valence-corrected chi connectivity index (χ2v) is 4.99. The van der Waals surface area contributed by atoms with Gasteiger partial charge in [0.25, 0.3) is 0 Å². The van der Waals surface area contributed by atoms with E-state index in [1.165, 1.54) is 0 Å². The fourth-order valence-corrected chi connectivity index (χ4v) is 1.88. The average molecular weight is 369 g/mol. The van der Waals surface area contributed by atoms with Gasteiger partial charge >= 0.3 is 5.97 Å². The van der Waals surface area contributed by atoms with Crippen LogP contribution in [0.5, 0.6) is 0 Å². The van der Waals surface area contributed by atoms with E-state index in [1.807, 2.05) is 26.0 Å². The largest absolute Gasteiger partial charge is 0.459 e. The Hall–Kier alpha value is -0.100. The normalized spacial score (nSPS) is 10.4. The molecule has 0 saturated heterocycles. The molecule has 1 rings (SSSR count). The molecular weight excluding hydrogens is 359 g/mol. The monoisotopic (exact) mass is 368 g/mol. The minimum atomic E-state index is -0.272. The maximum atomic E-state index is 11.6. The van der Waals surface area contributed by atoms with Crippen molar-refractivity contribution >= 4 is 44.5 Å². The second kappa shape index (κ2) is 5.11. The zero-order valence-corrected chi connectivity index (χ0v) is 11.6. The van der Waals surface area contributed by atoms with Crippen LogP contribution in [0.3, 0.4) is 0 Å². The van der Waals surface area contributed by atoms with Crippen LogP contribution in [-0.4, -0.2) is 12.1 Å². The summed E-state index contributed by atoms with van der Waals surface area (Å²) in [6.45, 7) is 3.67. The molecule has 0 aliphatic rings. The lowest BCUT2D eigenvalue weighted by Gasteiger charge is -2.09. The summed E-state index contributed by atoms with van der Waals surface area (Å²) in [4.78, 5) is 11.6. The molecule has 0 bridgehead atoms. The molecule has 2 nitrogen and oxygen atoms in total. The Morgan fingerprint density at radius 2 is 2.14 bits per heavy atom. The Labute approximate surface area is 105 Å². The van der Waals surface area contributed by atoms with Gasteiger partial charge in [0.1, 0.15) is 0 Å². The molecule has 1 aromatic rings. The van der Waals surface area contributed by atoms with Gasteiger partial charge in [-0.15, -0.1) is 0 Å². The van der Waals surface area contributed by atoms with Gasteiger partial charge in [0.05, 0.1) is 11.7 Å². The van der Waals surface area contributed by atoms with Crippen LogP contribution < -0.4 is 0 Å². The van der Waals surface area contributed by atoms with Crippen molar-refractivity contribution in [1.82, 2.24) is 0 Å². The van der Waals surface area contributed by atoms with Gasteiger partial charge in [0.2, 0.25) is 0 Å². The van der Waals surface area contributed by atoms with Gasteiger partial charge in [-0.3, -0.25) is 0 Å². The van der Waals surface area contributed by atoms with Crippen molar-refractivity contribution in [3.8, 4) is 0 Å². The number of rotatable bonds is 2. The summed E-state index contributed by atoms with van der Waals surface area (Å²) in [5, 5.41) is 0. The lowest BCUT2D eigenvalue weighted by molar-refractivity contribution is 0.0376. The maximum absolute atomic E-state index is 11.6. The first kappa shape index (κ1) is 12.0. The summed E-state index contributed by atoms with van der Waals surface area (Å²) in [6, 6.07) is 5.48. The number of halogens is 2.